The second-order valence-electron chi connectivity index (χ2n) is 4.07. The van der Waals surface area contributed by atoms with E-state index in [4.69, 9.17) is 0 Å². The Morgan fingerprint density at radius 1 is 1.27 bits per heavy atom. The predicted molar refractivity (Wildman–Crippen MR) is 68.0 cm³/mol. The van der Waals surface area contributed by atoms with Crippen molar-refractivity contribution in [3.8, 4) is 0 Å². The third kappa shape index (κ3) is 9.74. The van der Waals surface area contributed by atoms with Crippen molar-refractivity contribution < 1.29 is 5.11 Å². The van der Waals surface area contributed by atoms with E-state index in [1.54, 1.807) is 0 Å². The van der Waals surface area contributed by atoms with Crippen LogP contribution in [0.25, 0.3) is 0 Å². The number of aliphatic hydroxyl groups excluding tert-OH is 1. The molecule has 0 aromatic rings. The predicted octanol–water partition coefficient (Wildman–Crippen LogP) is 4.23. The minimum absolute atomic E-state index is 0.202. The summed E-state index contributed by atoms with van der Waals surface area (Å²) < 4.78 is 0. The highest BCUT2D eigenvalue weighted by atomic mass is 16.3. The van der Waals surface area contributed by atoms with Crippen LogP contribution < -0.4 is 0 Å². The molecule has 88 valence electrons. The van der Waals surface area contributed by atoms with Gasteiger partial charge in [-0.15, -0.1) is 0 Å². The lowest BCUT2D eigenvalue weighted by molar-refractivity contribution is 0.198. The van der Waals surface area contributed by atoms with Crippen LogP contribution in [0.1, 0.15) is 59.3 Å². The normalized spacial score (nSPS) is 14.8. The molecule has 1 nitrogen and oxygen atoms in total. The molecule has 0 bridgehead atoms. The first-order valence-electron chi connectivity index (χ1n) is 6.21. The third-order valence-electron chi connectivity index (χ3n) is 2.47. The fraction of sp³-hybridized carbons (Fsp3) is 0.714. The Bertz CT molecular complexity index is 190. The highest BCUT2D eigenvalue weighted by Crippen LogP contribution is 2.13. The van der Waals surface area contributed by atoms with Gasteiger partial charge in [-0.25, -0.2) is 0 Å². The van der Waals surface area contributed by atoms with E-state index >= 15 is 0 Å². The van der Waals surface area contributed by atoms with E-state index in [-0.39, 0.29) is 6.10 Å². The molecule has 0 saturated carbocycles. The number of hydrogen-bond donors (Lipinski definition) is 1. The van der Waals surface area contributed by atoms with Gasteiger partial charge in [0.05, 0.1) is 6.10 Å². The molecule has 0 aliphatic rings. The van der Waals surface area contributed by atoms with Crippen LogP contribution in [-0.4, -0.2) is 11.2 Å². The van der Waals surface area contributed by atoms with Crippen LogP contribution in [-0.2, 0) is 0 Å². The molecule has 1 heteroatoms. The molecule has 0 fully saturated rings. The van der Waals surface area contributed by atoms with Crippen molar-refractivity contribution >= 4 is 0 Å². The first-order valence-corrected chi connectivity index (χ1v) is 6.21. The minimum Gasteiger partial charge on any atom is -0.393 e. The molecule has 0 saturated heterocycles. The summed E-state index contributed by atoms with van der Waals surface area (Å²) in [5, 5.41) is 9.18. The lowest BCUT2D eigenvalue weighted by Crippen LogP contribution is -1.97. The smallest absolute Gasteiger partial charge is 0.0546 e. The topological polar surface area (TPSA) is 20.2 Å². The van der Waals surface area contributed by atoms with Gasteiger partial charge in [-0.05, 0) is 45.4 Å². The summed E-state index contributed by atoms with van der Waals surface area (Å²) in [6.07, 6.45) is 13.1. The van der Waals surface area contributed by atoms with Crippen molar-refractivity contribution in [2.75, 3.05) is 0 Å². The summed E-state index contributed by atoms with van der Waals surface area (Å²) in [5.74, 6) is 0. The van der Waals surface area contributed by atoms with Gasteiger partial charge in [-0.3, -0.25) is 0 Å². The van der Waals surface area contributed by atoms with Crippen molar-refractivity contribution in [2.45, 2.75) is 65.4 Å². The van der Waals surface area contributed by atoms with E-state index < -0.39 is 0 Å². The standard InChI is InChI=1S/C14H26O/c1-4-6-7-8-9-10-14(5-2)12-11-13(3)15/h6-7,12-13,15H,4-5,8-11H2,1-3H3. The summed E-state index contributed by atoms with van der Waals surface area (Å²) in [7, 11) is 0. The van der Waals surface area contributed by atoms with Gasteiger partial charge in [0.25, 0.3) is 0 Å². The van der Waals surface area contributed by atoms with Crippen LogP contribution in [0.3, 0.4) is 0 Å². The molecule has 0 aliphatic carbocycles. The average Bonchev–Trinajstić information content (AvgIpc) is 2.22. The van der Waals surface area contributed by atoms with Crippen LogP contribution >= 0.6 is 0 Å². The molecule has 0 amide bonds. The van der Waals surface area contributed by atoms with Crippen molar-refractivity contribution in [3.63, 3.8) is 0 Å². The monoisotopic (exact) mass is 210 g/mol. The molecule has 15 heavy (non-hydrogen) atoms. The van der Waals surface area contributed by atoms with E-state index in [0.717, 1.165) is 19.3 Å². The van der Waals surface area contributed by atoms with E-state index in [0.29, 0.717) is 0 Å². The second kappa shape index (κ2) is 9.97. The van der Waals surface area contributed by atoms with Gasteiger partial charge < -0.3 is 5.11 Å². The lowest BCUT2D eigenvalue weighted by Gasteiger charge is -2.05. The van der Waals surface area contributed by atoms with Gasteiger partial charge in [0, 0.05) is 0 Å². The Kier molecular flexibility index (Phi) is 9.60. The summed E-state index contributed by atoms with van der Waals surface area (Å²) in [4.78, 5) is 0. The zero-order valence-electron chi connectivity index (χ0n) is 10.5. The first kappa shape index (κ1) is 14.4. The first-order chi connectivity index (χ1) is 7.20. The molecular weight excluding hydrogens is 184 g/mol. The minimum atomic E-state index is -0.202. The van der Waals surface area contributed by atoms with Gasteiger partial charge in [0.2, 0.25) is 0 Å². The number of hydrogen-bond acceptors (Lipinski definition) is 1. The highest BCUT2D eigenvalue weighted by Gasteiger charge is 1.96. The summed E-state index contributed by atoms with van der Waals surface area (Å²) in [6, 6.07) is 0. The van der Waals surface area contributed by atoms with Gasteiger partial charge in [-0.1, -0.05) is 37.6 Å². The maximum atomic E-state index is 9.18. The van der Waals surface area contributed by atoms with Gasteiger partial charge in [-0.2, -0.15) is 0 Å². The molecule has 0 aromatic heterocycles. The summed E-state index contributed by atoms with van der Waals surface area (Å²) in [6.45, 7) is 6.19. The van der Waals surface area contributed by atoms with Gasteiger partial charge in [0.15, 0.2) is 0 Å². The van der Waals surface area contributed by atoms with Crippen LogP contribution in [0, 0.1) is 0 Å². The van der Waals surface area contributed by atoms with Crippen LogP contribution in [0.4, 0.5) is 0 Å². The van der Waals surface area contributed by atoms with Crippen LogP contribution in [0.15, 0.2) is 23.8 Å². The van der Waals surface area contributed by atoms with Crippen LogP contribution in [0.2, 0.25) is 0 Å². The van der Waals surface area contributed by atoms with Crippen molar-refractivity contribution in [2.24, 2.45) is 0 Å². The number of allylic oxidation sites excluding steroid dienone is 3. The molecule has 0 rings (SSSR count). The van der Waals surface area contributed by atoms with E-state index in [2.05, 4.69) is 32.1 Å². The Hall–Kier alpha value is -0.560. The van der Waals surface area contributed by atoms with E-state index in [1.807, 2.05) is 6.92 Å². The molecule has 1 atom stereocenters. The van der Waals surface area contributed by atoms with Gasteiger partial charge in [0.1, 0.15) is 0 Å². The maximum absolute atomic E-state index is 9.18. The van der Waals surface area contributed by atoms with Crippen molar-refractivity contribution in [1.82, 2.24) is 0 Å². The second-order valence-corrected chi connectivity index (χ2v) is 4.07. The molecule has 1 N–H and O–H groups in total. The fourth-order valence-electron chi connectivity index (χ4n) is 1.49. The maximum Gasteiger partial charge on any atom is 0.0546 e. The molecule has 1 unspecified atom stereocenters. The zero-order valence-corrected chi connectivity index (χ0v) is 10.5. The lowest BCUT2D eigenvalue weighted by atomic mass is 10.0. The Labute approximate surface area is 94.9 Å². The average molecular weight is 210 g/mol. The molecule has 0 aromatic carbocycles. The van der Waals surface area contributed by atoms with E-state index in [1.165, 1.54) is 24.8 Å². The quantitative estimate of drug-likeness (QED) is 0.469. The summed E-state index contributed by atoms with van der Waals surface area (Å²) >= 11 is 0. The largest absolute Gasteiger partial charge is 0.393 e. The molecular formula is C14H26O. The highest BCUT2D eigenvalue weighted by molar-refractivity contribution is 5.02. The molecule has 0 aliphatic heterocycles. The molecule has 0 spiro atoms. The zero-order chi connectivity index (χ0) is 11.5. The molecule has 0 radical (unpaired) electrons. The van der Waals surface area contributed by atoms with E-state index in [9.17, 15) is 5.11 Å². The SMILES string of the molecule is CCC=CCCCC(=CCC(C)O)CC. The van der Waals surface area contributed by atoms with Crippen LogP contribution in [0.5, 0.6) is 0 Å². The third-order valence-corrected chi connectivity index (χ3v) is 2.47. The Morgan fingerprint density at radius 3 is 2.53 bits per heavy atom. The molecule has 0 heterocycles. The Morgan fingerprint density at radius 2 is 2.00 bits per heavy atom. The number of rotatable bonds is 8. The van der Waals surface area contributed by atoms with Gasteiger partial charge >= 0.3 is 0 Å². The van der Waals surface area contributed by atoms with Crippen molar-refractivity contribution in [3.05, 3.63) is 23.8 Å². The Balaban J connectivity index is 3.70. The number of aliphatic hydroxyl groups is 1. The summed E-state index contributed by atoms with van der Waals surface area (Å²) in [5.41, 5.74) is 1.49. The van der Waals surface area contributed by atoms with Crippen molar-refractivity contribution in [1.29, 1.82) is 0 Å². The fourth-order valence-corrected chi connectivity index (χ4v) is 1.49. The number of unbranched alkanes of at least 4 members (excludes halogenated alkanes) is 1.